The summed E-state index contributed by atoms with van der Waals surface area (Å²) in [6.45, 7) is 0.676. The van der Waals surface area contributed by atoms with Gasteiger partial charge in [-0.05, 0) is 18.9 Å². The van der Waals surface area contributed by atoms with Crippen molar-refractivity contribution < 1.29 is 4.79 Å². The molecule has 0 aromatic carbocycles. The molecule has 1 fully saturated rings. The average molecular weight is 282 g/mol. The summed E-state index contributed by atoms with van der Waals surface area (Å²) >= 11 is 0. The molecule has 1 unspecified atom stereocenters. The standard InChI is InChI=1S/C13H12N7O/c14-11(21)9-2-1-5-20(9)13-10-7-3-4-15-12(7)18-17-8(10)6-16-19-13/h2-4,6,9H,1,5H2,(H2,14,21)(H,15,18). The second-order valence-electron chi connectivity index (χ2n) is 4.93. The molecule has 3 aromatic rings. The van der Waals surface area contributed by atoms with E-state index in [1.165, 1.54) is 0 Å². The van der Waals surface area contributed by atoms with Gasteiger partial charge in [0.2, 0.25) is 5.91 Å². The fourth-order valence-electron chi connectivity index (χ4n) is 2.80. The number of nitrogens with zero attached hydrogens (tertiary/aromatic N) is 5. The third kappa shape index (κ3) is 1.72. The van der Waals surface area contributed by atoms with E-state index < -0.39 is 11.9 Å². The van der Waals surface area contributed by atoms with Gasteiger partial charge < -0.3 is 15.6 Å². The van der Waals surface area contributed by atoms with Crippen LogP contribution in [0.2, 0.25) is 0 Å². The molecule has 1 radical (unpaired) electrons. The Labute approximate surface area is 119 Å². The van der Waals surface area contributed by atoms with Crippen LogP contribution in [0.3, 0.4) is 0 Å². The quantitative estimate of drug-likeness (QED) is 0.692. The molecule has 1 atom stereocenters. The maximum Gasteiger partial charge on any atom is 0.240 e. The molecule has 21 heavy (non-hydrogen) atoms. The lowest BCUT2D eigenvalue weighted by atomic mass is 10.2. The van der Waals surface area contributed by atoms with E-state index in [-0.39, 0.29) is 0 Å². The van der Waals surface area contributed by atoms with Gasteiger partial charge >= 0.3 is 0 Å². The molecular formula is C13H12N7O. The van der Waals surface area contributed by atoms with Crippen LogP contribution in [0.15, 0.2) is 18.5 Å². The maximum atomic E-state index is 11.6. The Balaban J connectivity index is 2.00. The smallest absolute Gasteiger partial charge is 0.240 e. The zero-order valence-electron chi connectivity index (χ0n) is 11.0. The first-order valence-corrected chi connectivity index (χ1v) is 6.60. The monoisotopic (exact) mass is 282 g/mol. The Morgan fingerprint density at radius 2 is 2.29 bits per heavy atom. The molecule has 0 bridgehead atoms. The van der Waals surface area contributed by atoms with Crippen LogP contribution in [0.5, 0.6) is 0 Å². The number of aromatic nitrogens is 5. The lowest BCUT2D eigenvalue weighted by Gasteiger charge is -2.23. The summed E-state index contributed by atoms with van der Waals surface area (Å²) in [5, 5.41) is 18.2. The van der Waals surface area contributed by atoms with E-state index in [9.17, 15) is 4.79 Å². The van der Waals surface area contributed by atoms with Crippen molar-refractivity contribution in [3.05, 3.63) is 24.9 Å². The predicted molar refractivity (Wildman–Crippen MR) is 76.2 cm³/mol. The molecule has 105 valence electrons. The van der Waals surface area contributed by atoms with Crippen molar-refractivity contribution in [3.63, 3.8) is 0 Å². The molecule has 0 saturated carbocycles. The number of hydrogen-bond acceptors (Lipinski definition) is 6. The zero-order chi connectivity index (χ0) is 14.4. The van der Waals surface area contributed by atoms with Crippen LogP contribution < -0.4 is 10.6 Å². The summed E-state index contributed by atoms with van der Waals surface area (Å²) in [5.74, 6) is 0.225. The van der Waals surface area contributed by atoms with E-state index in [1.54, 1.807) is 12.4 Å². The molecule has 1 aliphatic heterocycles. The van der Waals surface area contributed by atoms with Gasteiger partial charge in [0, 0.05) is 18.1 Å². The van der Waals surface area contributed by atoms with Crippen LogP contribution in [-0.4, -0.2) is 43.9 Å². The normalized spacial score (nSPS) is 18.7. The molecule has 8 heteroatoms. The summed E-state index contributed by atoms with van der Waals surface area (Å²) in [6.07, 6.45) is 6.04. The van der Waals surface area contributed by atoms with Crippen molar-refractivity contribution in [2.45, 2.75) is 12.5 Å². The summed E-state index contributed by atoms with van der Waals surface area (Å²) in [4.78, 5) is 16.5. The lowest BCUT2D eigenvalue weighted by Crippen LogP contribution is -2.41. The number of nitrogens with two attached hydrogens (primary N) is 1. The van der Waals surface area contributed by atoms with Gasteiger partial charge in [-0.3, -0.25) is 4.79 Å². The van der Waals surface area contributed by atoms with Crippen LogP contribution in [0.4, 0.5) is 5.82 Å². The first-order chi connectivity index (χ1) is 10.3. The second kappa shape index (κ2) is 4.37. The molecule has 0 spiro atoms. The van der Waals surface area contributed by atoms with Crippen LogP contribution in [0, 0.1) is 6.42 Å². The van der Waals surface area contributed by atoms with Gasteiger partial charge in [0.05, 0.1) is 11.6 Å². The van der Waals surface area contributed by atoms with Gasteiger partial charge in [0.25, 0.3) is 0 Å². The Hall–Kier alpha value is -2.77. The number of carbonyl (C=O) groups excluding carboxylic acids is 1. The van der Waals surface area contributed by atoms with Gasteiger partial charge in [-0.1, -0.05) is 0 Å². The molecule has 8 nitrogen and oxygen atoms in total. The van der Waals surface area contributed by atoms with Crippen LogP contribution >= 0.6 is 0 Å². The highest BCUT2D eigenvalue weighted by Crippen LogP contribution is 2.32. The summed E-state index contributed by atoms with van der Waals surface area (Å²) in [5.41, 5.74) is 6.79. The first-order valence-electron chi connectivity index (χ1n) is 6.60. The van der Waals surface area contributed by atoms with E-state index >= 15 is 0 Å². The van der Waals surface area contributed by atoms with Crippen LogP contribution in [0.1, 0.15) is 6.42 Å². The van der Waals surface area contributed by atoms with Gasteiger partial charge in [0.15, 0.2) is 11.5 Å². The fourth-order valence-corrected chi connectivity index (χ4v) is 2.80. The molecule has 0 aliphatic carbocycles. The molecule has 3 aromatic heterocycles. The van der Waals surface area contributed by atoms with E-state index in [1.807, 2.05) is 17.4 Å². The minimum Gasteiger partial charge on any atom is -0.368 e. The van der Waals surface area contributed by atoms with E-state index in [2.05, 4.69) is 25.4 Å². The maximum absolute atomic E-state index is 11.6. The van der Waals surface area contributed by atoms with E-state index in [0.29, 0.717) is 23.5 Å². The van der Waals surface area contributed by atoms with E-state index in [4.69, 9.17) is 5.73 Å². The fraction of sp³-hybridized carbons (Fsp3) is 0.231. The number of amides is 1. The molecule has 1 aliphatic rings. The Bertz CT molecular complexity index is 843. The zero-order valence-corrected chi connectivity index (χ0v) is 11.0. The van der Waals surface area contributed by atoms with Gasteiger partial charge in [0.1, 0.15) is 11.6 Å². The second-order valence-corrected chi connectivity index (χ2v) is 4.93. The molecule has 3 N–H and O–H groups in total. The highest BCUT2D eigenvalue weighted by Gasteiger charge is 2.32. The number of hydrogen-bond donors (Lipinski definition) is 2. The SMILES string of the molecule is NC(=O)C1[CH]CCN1c1nncc2nnc3[nH]ccc3c12. The van der Waals surface area contributed by atoms with Gasteiger partial charge in [-0.2, -0.15) is 5.10 Å². The molecule has 4 heterocycles. The van der Waals surface area contributed by atoms with Crippen molar-refractivity contribution in [2.24, 2.45) is 5.73 Å². The summed E-state index contributed by atoms with van der Waals surface area (Å²) in [6, 6.07) is 1.45. The number of fused-ring (bicyclic) bond motifs is 3. The predicted octanol–water partition coefficient (Wildman–Crippen LogP) is 0.169. The molecule has 1 amide bonds. The summed E-state index contributed by atoms with van der Waals surface area (Å²) < 4.78 is 0. The molecule has 1 saturated heterocycles. The number of H-pyrrole nitrogens is 1. The largest absolute Gasteiger partial charge is 0.368 e. The van der Waals surface area contributed by atoms with Gasteiger partial charge in [-0.25, -0.2) is 0 Å². The van der Waals surface area contributed by atoms with Crippen molar-refractivity contribution >= 4 is 33.7 Å². The van der Waals surface area contributed by atoms with Crippen molar-refractivity contribution in [1.82, 2.24) is 25.4 Å². The number of anilines is 1. The summed E-state index contributed by atoms with van der Waals surface area (Å²) in [7, 11) is 0. The van der Waals surface area contributed by atoms with E-state index in [0.717, 1.165) is 17.2 Å². The Morgan fingerprint density at radius 1 is 1.38 bits per heavy atom. The highest BCUT2D eigenvalue weighted by atomic mass is 16.1. The van der Waals surface area contributed by atoms with Crippen molar-refractivity contribution in [2.75, 3.05) is 11.4 Å². The first kappa shape index (κ1) is 12.0. The minimum atomic E-state index is -0.466. The highest BCUT2D eigenvalue weighted by molar-refractivity contribution is 6.09. The Morgan fingerprint density at radius 3 is 3.14 bits per heavy atom. The van der Waals surface area contributed by atoms with Crippen molar-refractivity contribution in [3.8, 4) is 0 Å². The Kier molecular flexibility index (Phi) is 2.50. The number of carbonyl (C=O) groups is 1. The molecular weight excluding hydrogens is 270 g/mol. The topological polar surface area (TPSA) is 114 Å². The van der Waals surface area contributed by atoms with Gasteiger partial charge in [-0.15, -0.1) is 15.3 Å². The van der Waals surface area contributed by atoms with Crippen molar-refractivity contribution in [1.29, 1.82) is 0 Å². The minimum absolute atomic E-state index is 0.390. The molecule has 4 rings (SSSR count). The third-order valence-electron chi connectivity index (χ3n) is 3.72. The van der Waals surface area contributed by atoms with Crippen LogP contribution in [0.25, 0.3) is 21.9 Å². The third-order valence-corrected chi connectivity index (χ3v) is 3.72. The number of nitrogens with one attached hydrogen (secondary N) is 1. The average Bonchev–Trinajstić information content (AvgIpc) is 3.15. The lowest BCUT2D eigenvalue weighted by molar-refractivity contribution is -0.118. The van der Waals surface area contributed by atoms with Crippen LogP contribution in [-0.2, 0) is 4.79 Å². The number of rotatable bonds is 2. The number of primary amides is 1. The number of aromatic amines is 1.